The molecule has 1 aromatic heterocycles. The minimum absolute atomic E-state index is 0.0915. The second-order valence-corrected chi connectivity index (χ2v) is 5.72. The molecule has 0 bridgehead atoms. The highest BCUT2D eigenvalue weighted by molar-refractivity contribution is 9.10. The van der Waals surface area contributed by atoms with Crippen LogP contribution in [0.15, 0.2) is 51.7 Å². The minimum atomic E-state index is -0.0915. The fraction of sp³-hybridized carbons (Fsp3) is 0.118. The maximum atomic E-state index is 12.5. The second-order valence-electron chi connectivity index (χ2n) is 4.81. The summed E-state index contributed by atoms with van der Waals surface area (Å²) in [4.78, 5) is 15.7. The number of nitrogens with one attached hydrogen (secondary N) is 1. The number of benzene rings is 2. The second kappa shape index (κ2) is 5.85. The van der Waals surface area contributed by atoms with E-state index in [1.54, 1.807) is 25.3 Å². The van der Waals surface area contributed by atoms with Crippen molar-refractivity contribution < 1.29 is 9.47 Å². The molecule has 0 saturated heterocycles. The minimum Gasteiger partial charge on any atom is -0.497 e. The first kappa shape index (κ1) is 14.7. The van der Waals surface area contributed by atoms with Gasteiger partial charge in [0, 0.05) is 28.4 Å². The summed E-state index contributed by atoms with van der Waals surface area (Å²) in [7, 11) is 3.12. The molecule has 0 radical (unpaired) electrons. The third-order valence-electron chi connectivity index (χ3n) is 3.48. The Morgan fingerprint density at radius 3 is 2.36 bits per heavy atom. The summed E-state index contributed by atoms with van der Waals surface area (Å²) < 4.78 is 11.6. The quantitative estimate of drug-likeness (QED) is 0.769. The van der Waals surface area contributed by atoms with Crippen LogP contribution in [0.5, 0.6) is 11.5 Å². The van der Waals surface area contributed by atoms with Crippen molar-refractivity contribution in [2.24, 2.45) is 0 Å². The maximum Gasteiger partial charge on any atom is 0.193 e. The van der Waals surface area contributed by atoms with Crippen LogP contribution >= 0.6 is 15.9 Å². The molecular weight excluding hydrogens is 346 g/mol. The lowest BCUT2D eigenvalue weighted by Gasteiger charge is -2.10. The van der Waals surface area contributed by atoms with E-state index in [1.165, 1.54) is 7.11 Å². The molecule has 0 aliphatic rings. The number of fused-ring (bicyclic) bond motifs is 1. The number of aromatic amines is 1. The highest BCUT2D eigenvalue weighted by Gasteiger charge is 2.11. The van der Waals surface area contributed by atoms with Crippen LogP contribution in [0.2, 0.25) is 0 Å². The molecule has 4 nitrogen and oxygen atoms in total. The van der Waals surface area contributed by atoms with E-state index in [1.807, 2.05) is 24.3 Å². The zero-order chi connectivity index (χ0) is 15.7. The normalized spacial score (nSPS) is 10.7. The van der Waals surface area contributed by atoms with E-state index in [9.17, 15) is 4.79 Å². The summed E-state index contributed by atoms with van der Waals surface area (Å²) >= 11 is 3.40. The molecule has 22 heavy (non-hydrogen) atoms. The van der Waals surface area contributed by atoms with Gasteiger partial charge in [-0.25, -0.2) is 0 Å². The van der Waals surface area contributed by atoms with Gasteiger partial charge in [-0.15, -0.1) is 0 Å². The molecule has 0 aliphatic heterocycles. The monoisotopic (exact) mass is 359 g/mol. The van der Waals surface area contributed by atoms with Gasteiger partial charge in [0.15, 0.2) is 5.43 Å². The Morgan fingerprint density at radius 2 is 1.73 bits per heavy atom. The average Bonchev–Trinajstić information content (AvgIpc) is 2.54. The van der Waals surface area contributed by atoms with Crippen LogP contribution in [-0.2, 0) is 0 Å². The van der Waals surface area contributed by atoms with E-state index < -0.39 is 0 Å². The van der Waals surface area contributed by atoms with E-state index in [-0.39, 0.29) is 5.43 Å². The predicted octanol–water partition coefficient (Wildman–Crippen LogP) is 3.97. The van der Waals surface area contributed by atoms with Crippen LogP contribution in [0, 0.1) is 0 Å². The van der Waals surface area contributed by atoms with Gasteiger partial charge in [-0.05, 0) is 17.7 Å². The zero-order valence-electron chi connectivity index (χ0n) is 12.1. The van der Waals surface area contributed by atoms with Crippen molar-refractivity contribution >= 4 is 26.8 Å². The van der Waals surface area contributed by atoms with E-state index >= 15 is 0 Å². The maximum absolute atomic E-state index is 12.5. The van der Waals surface area contributed by atoms with Gasteiger partial charge >= 0.3 is 0 Å². The Bertz CT molecular complexity index is 885. The summed E-state index contributed by atoms with van der Waals surface area (Å²) in [5, 5.41) is 0.518. The molecule has 112 valence electrons. The standard InChI is InChI=1S/C17H14BrNO3/c1-21-12-7-14-17(16(8-12)22-2)15(20)9-13(19-14)10-3-5-11(18)6-4-10/h3-9H,1-2H3,(H,19,20). The lowest BCUT2D eigenvalue weighted by Crippen LogP contribution is -2.05. The molecule has 0 saturated carbocycles. The number of methoxy groups -OCH3 is 2. The van der Waals surface area contributed by atoms with Crippen LogP contribution in [0.1, 0.15) is 0 Å². The SMILES string of the molecule is COc1cc(OC)c2c(=O)cc(-c3ccc(Br)cc3)[nH]c2c1. The highest BCUT2D eigenvalue weighted by Crippen LogP contribution is 2.29. The number of rotatable bonds is 3. The molecule has 0 unspecified atom stereocenters. The smallest absolute Gasteiger partial charge is 0.193 e. The third-order valence-corrected chi connectivity index (χ3v) is 4.01. The van der Waals surface area contributed by atoms with E-state index in [0.717, 1.165) is 15.7 Å². The van der Waals surface area contributed by atoms with Crippen molar-refractivity contribution in [3.8, 4) is 22.8 Å². The lowest BCUT2D eigenvalue weighted by molar-refractivity contribution is 0.397. The van der Waals surface area contributed by atoms with Crippen LogP contribution in [0.4, 0.5) is 0 Å². The first-order valence-corrected chi connectivity index (χ1v) is 7.46. The van der Waals surface area contributed by atoms with Gasteiger partial charge in [0.1, 0.15) is 11.5 Å². The van der Waals surface area contributed by atoms with Crippen molar-refractivity contribution in [2.75, 3.05) is 14.2 Å². The summed E-state index contributed by atoms with van der Waals surface area (Å²) in [5.74, 6) is 1.13. The zero-order valence-corrected chi connectivity index (χ0v) is 13.7. The Hall–Kier alpha value is -2.27. The summed E-state index contributed by atoms with van der Waals surface area (Å²) in [6.07, 6.45) is 0. The summed E-state index contributed by atoms with van der Waals surface area (Å²) in [6.45, 7) is 0. The fourth-order valence-corrected chi connectivity index (χ4v) is 2.66. The number of hydrogen-bond donors (Lipinski definition) is 1. The summed E-state index contributed by atoms with van der Waals surface area (Å²) in [6, 6.07) is 12.8. The fourth-order valence-electron chi connectivity index (χ4n) is 2.39. The molecule has 0 amide bonds. The van der Waals surface area contributed by atoms with Crippen LogP contribution in [0.25, 0.3) is 22.2 Å². The first-order valence-electron chi connectivity index (χ1n) is 6.67. The topological polar surface area (TPSA) is 51.3 Å². The van der Waals surface area contributed by atoms with Crippen LogP contribution in [0.3, 0.4) is 0 Å². The molecule has 0 spiro atoms. The predicted molar refractivity (Wildman–Crippen MR) is 90.8 cm³/mol. The molecule has 1 N–H and O–H groups in total. The van der Waals surface area contributed by atoms with Crippen molar-refractivity contribution in [1.82, 2.24) is 4.98 Å². The molecule has 3 rings (SSSR count). The molecule has 1 heterocycles. The number of hydrogen-bond acceptors (Lipinski definition) is 3. The molecule has 3 aromatic rings. The molecule has 0 aliphatic carbocycles. The number of H-pyrrole nitrogens is 1. The van der Waals surface area contributed by atoms with Crippen LogP contribution in [-0.4, -0.2) is 19.2 Å². The van der Waals surface area contributed by atoms with Gasteiger partial charge in [0.25, 0.3) is 0 Å². The van der Waals surface area contributed by atoms with Gasteiger partial charge in [-0.3, -0.25) is 4.79 Å². The Morgan fingerprint density at radius 1 is 1.00 bits per heavy atom. The summed E-state index contributed by atoms with van der Waals surface area (Å²) in [5.41, 5.74) is 2.28. The largest absolute Gasteiger partial charge is 0.497 e. The molecule has 5 heteroatoms. The molecular formula is C17H14BrNO3. The average molecular weight is 360 g/mol. The number of aromatic nitrogens is 1. The Labute approximate surface area is 135 Å². The van der Waals surface area contributed by atoms with Crippen molar-refractivity contribution in [2.45, 2.75) is 0 Å². The van der Waals surface area contributed by atoms with Gasteiger partial charge in [0.2, 0.25) is 0 Å². The first-order chi connectivity index (χ1) is 10.6. The van der Waals surface area contributed by atoms with E-state index in [0.29, 0.717) is 22.4 Å². The van der Waals surface area contributed by atoms with E-state index in [2.05, 4.69) is 20.9 Å². The molecule has 2 aromatic carbocycles. The Balaban J connectivity index is 2.27. The van der Waals surface area contributed by atoms with Gasteiger partial charge in [-0.2, -0.15) is 0 Å². The third kappa shape index (κ3) is 2.60. The van der Waals surface area contributed by atoms with Crippen LogP contribution < -0.4 is 14.9 Å². The highest BCUT2D eigenvalue weighted by atomic mass is 79.9. The van der Waals surface area contributed by atoms with Crippen molar-refractivity contribution in [1.29, 1.82) is 0 Å². The van der Waals surface area contributed by atoms with Gasteiger partial charge < -0.3 is 14.5 Å². The Kier molecular flexibility index (Phi) is 3.90. The number of ether oxygens (including phenoxy) is 2. The number of pyridine rings is 1. The molecule has 0 atom stereocenters. The van der Waals surface area contributed by atoms with Gasteiger partial charge in [0.05, 0.1) is 25.1 Å². The van der Waals surface area contributed by atoms with Gasteiger partial charge in [-0.1, -0.05) is 28.1 Å². The van der Waals surface area contributed by atoms with Crippen molar-refractivity contribution in [3.63, 3.8) is 0 Å². The lowest BCUT2D eigenvalue weighted by atomic mass is 10.1. The van der Waals surface area contributed by atoms with E-state index in [4.69, 9.17) is 9.47 Å². The van der Waals surface area contributed by atoms with Crippen molar-refractivity contribution in [3.05, 3.63) is 57.2 Å². The number of halogens is 1. The molecule has 0 fully saturated rings.